The number of nitriles is 1. The highest BCUT2D eigenvalue weighted by Crippen LogP contribution is 2.29. The molecule has 0 aliphatic heterocycles. The van der Waals surface area contributed by atoms with Crippen molar-refractivity contribution in [2.24, 2.45) is 5.92 Å². The molecule has 0 radical (unpaired) electrons. The average molecular weight is 452 g/mol. The second kappa shape index (κ2) is 11.3. The van der Waals surface area contributed by atoms with E-state index in [4.69, 9.17) is 9.84 Å². The molecule has 2 aromatic carbocycles. The molecule has 6 heteroatoms. The normalized spacial score (nSPS) is 14.5. The monoisotopic (exact) mass is 451 g/mol. The number of hydrogen-bond donors (Lipinski definition) is 2. The summed E-state index contributed by atoms with van der Waals surface area (Å²) in [7, 11) is 4.27. The Morgan fingerprint density at radius 1 is 1.18 bits per heavy atom. The van der Waals surface area contributed by atoms with Crippen LogP contribution in [0.2, 0.25) is 0 Å². The standard InChI is InChI=1S/C27H34N2O4/c1-29(2,14-13-20-15-22-7-3-4-8-23(22)16-20)18-24(30)19-33-26-11-5-9-21(25(26)17-28)10-6-12-27(31)32/h3-5,7-9,11,20,24,30H,6,10,12-16,18-19H2,1-2H3/p+1/t24-/m1/s1. The molecule has 0 unspecified atom stereocenters. The molecule has 33 heavy (non-hydrogen) atoms. The lowest BCUT2D eigenvalue weighted by Gasteiger charge is -2.32. The summed E-state index contributed by atoms with van der Waals surface area (Å²) < 4.78 is 6.53. The maximum Gasteiger partial charge on any atom is 0.303 e. The minimum Gasteiger partial charge on any atom is -0.489 e. The molecule has 0 bridgehead atoms. The number of benzene rings is 2. The van der Waals surface area contributed by atoms with E-state index >= 15 is 0 Å². The molecule has 0 spiro atoms. The van der Waals surface area contributed by atoms with Crippen LogP contribution in [-0.2, 0) is 24.1 Å². The Bertz CT molecular complexity index is 971. The fourth-order valence-corrected chi connectivity index (χ4v) is 4.75. The number of likely N-dealkylation sites (N-methyl/N-ethyl adjacent to an activating group) is 1. The third-order valence-electron chi connectivity index (χ3n) is 6.48. The first kappa shape index (κ1) is 24.8. The van der Waals surface area contributed by atoms with Gasteiger partial charge < -0.3 is 19.4 Å². The quantitative estimate of drug-likeness (QED) is 0.481. The molecular weight excluding hydrogens is 416 g/mol. The van der Waals surface area contributed by atoms with Gasteiger partial charge in [-0.3, -0.25) is 4.79 Å². The zero-order valence-corrected chi connectivity index (χ0v) is 19.7. The molecule has 1 aliphatic rings. The van der Waals surface area contributed by atoms with Gasteiger partial charge in [0.15, 0.2) is 0 Å². The number of nitrogens with zero attached hydrogens (tertiary/aromatic N) is 2. The lowest BCUT2D eigenvalue weighted by atomic mass is 10.0. The van der Waals surface area contributed by atoms with Gasteiger partial charge in [0.2, 0.25) is 0 Å². The van der Waals surface area contributed by atoms with Crippen LogP contribution in [0.5, 0.6) is 5.75 Å². The van der Waals surface area contributed by atoms with Gasteiger partial charge >= 0.3 is 5.97 Å². The van der Waals surface area contributed by atoms with Crippen LogP contribution in [0, 0.1) is 17.2 Å². The number of quaternary nitrogens is 1. The number of aryl methyl sites for hydroxylation is 1. The van der Waals surface area contributed by atoms with Gasteiger partial charge in [0.1, 0.15) is 31.1 Å². The molecule has 2 N–H and O–H groups in total. The summed E-state index contributed by atoms with van der Waals surface area (Å²) in [5, 5.41) is 29.0. The van der Waals surface area contributed by atoms with Crippen molar-refractivity contribution in [3.63, 3.8) is 0 Å². The molecule has 0 aromatic heterocycles. The zero-order valence-electron chi connectivity index (χ0n) is 19.7. The molecule has 1 aliphatic carbocycles. The summed E-state index contributed by atoms with van der Waals surface area (Å²) in [4.78, 5) is 10.8. The van der Waals surface area contributed by atoms with Gasteiger partial charge in [0.25, 0.3) is 0 Å². The Morgan fingerprint density at radius 2 is 1.88 bits per heavy atom. The van der Waals surface area contributed by atoms with Crippen LogP contribution in [0.15, 0.2) is 42.5 Å². The van der Waals surface area contributed by atoms with Crippen molar-refractivity contribution in [1.82, 2.24) is 0 Å². The fraction of sp³-hybridized carbons (Fsp3) is 0.481. The first-order valence-electron chi connectivity index (χ1n) is 11.7. The maximum atomic E-state index is 10.8. The van der Waals surface area contributed by atoms with E-state index in [1.807, 2.05) is 6.07 Å². The summed E-state index contributed by atoms with van der Waals surface area (Å²) >= 11 is 0. The van der Waals surface area contributed by atoms with Crippen molar-refractivity contribution in [1.29, 1.82) is 5.26 Å². The maximum absolute atomic E-state index is 10.8. The molecule has 176 valence electrons. The molecule has 0 saturated carbocycles. The highest BCUT2D eigenvalue weighted by molar-refractivity contribution is 5.66. The number of hydrogen-bond acceptors (Lipinski definition) is 4. The van der Waals surface area contributed by atoms with Crippen molar-refractivity contribution in [2.45, 2.75) is 44.6 Å². The van der Waals surface area contributed by atoms with Crippen LogP contribution in [0.1, 0.15) is 41.5 Å². The van der Waals surface area contributed by atoms with Gasteiger partial charge in [-0.15, -0.1) is 0 Å². The number of aliphatic hydroxyl groups is 1. The van der Waals surface area contributed by atoms with E-state index in [9.17, 15) is 15.2 Å². The van der Waals surface area contributed by atoms with Gasteiger partial charge in [-0.25, -0.2) is 0 Å². The van der Waals surface area contributed by atoms with Gasteiger partial charge in [0, 0.05) is 12.8 Å². The molecule has 0 heterocycles. The second-order valence-corrected chi connectivity index (χ2v) is 9.79. The molecular formula is C27H35N2O4+. The Labute approximate surface area is 196 Å². The van der Waals surface area contributed by atoms with Gasteiger partial charge in [-0.1, -0.05) is 36.4 Å². The third kappa shape index (κ3) is 7.31. The Balaban J connectivity index is 1.47. The van der Waals surface area contributed by atoms with Crippen molar-refractivity contribution < 1.29 is 24.2 Å². The van der Waals surface area contributed by atoms with Crippen LogP contribution >= 0.6 is 0 Å². The van der Waals surface area contributed by atoms with Crippen molar-refractivity contribution in [2.75, 3.05) is 33.8 Å². The molecule has 3 rings (SSSR count). The molecule has 2 aromatic rings. The van der Waals surface area contributed by atoms with E-state index in [2.05, 4.69) is 44.4 Å². The number of fused-ring (bicyclic) bond motifs is 1. The summed E-state index contributed by atoms with van der Waals surface area (Å²) in [6.07, 6.45) is 3.78. The topological polar surface area (TPSA) is 90.6 Å². The van der Waals surface area contributed by atoms with Gasteiger partial charge in [0.05, 0.1) is 26.2 Å². The van der Waals surface area contributed by atoms with Crippen LogP contribution in [0.4, 0.5) is 0 Å². The van der Waals surface area contributed by atoms with Crippen LogP contribution < -0.4 is 4.74 Å². The largest absolute Gasteiger partial charge is 0.489 e. The van der Waals surface area contributed by atoms with E-state index in [0.29, 0.717) is 41.1 Å². The molecule has 6 nitrogen and oxygen atoms in total. The smallest absolute Gasteiger partial charge is 0.303 e. The second-order valence-electron chi connectivity index (χ2n) is 9.79. The number of carboxylic acids is 1. The number of aliphatic hydroxyl groups excluding tert-OH is 1. The van der Waals surface area contributed by atoms with E-state index in [-0.39, 0.29) is 13.0 Å². The Morgan fingerprint density at radius 3 is 2.52 bits per heavy atom. The Hall–Kier alpha value is -2.88. The molecule has 0 fully saturated rings. The first-order valence-corrected chi connectivity index (χ1v) is 11.7. The lowest BCUT2D eigenvalue weighted by Crippen LogP contribution is -2.48. The number of carbonyl (C=O) groups is 1. The SMILES string of the molecule is C[N+](C)(CCC1Cc2ccccc2C1)C[C@@H](O)COc1cccc(CCCC(=O)O)c1C#N. The van der Waals surface area contributed by atoms with Crippen molar-refractivity contribution in [3.8, 4) is 11.8 Å². The fourth-order valence-electron chi connectivity index (χ4n) is 4.75. The summed E-state index contributed by atoms with van der Waals surface area (Å²) in [6.45, 7) is 1.67. The molecule has 0 saturated heterocycles. The highest BCUT2D eigenvalue weighted by atomic mass is 16.5. The van der Waals surface area contributed by atoms with E-state index in [1.165, 1.54) is 11.1 Å². The number of aliphatic carboxylic acids is 1. The lowest BCUT2D eigenvalue weighted by molar-refractivity contribution is -0.894. The van der Waals surface area contributed by atoms with E-state index in [0.717, 1.165) is 31.4 Å². The summed E-state index contributed by atoms with van der Waals surface area (Å²) in [5.41, 5.74) is 4.14. The zero-order chi connectivity index (χ0) is 23.8. The van der Waals surface area contributed by atoms with Crippen LogP contribution in [-0.4, -0.2) is 60.6 Å². The molecule has 1 atom stereocenters. The predicted octanol–water partition coefficient (Wildman–Crippen LogP) is 3.59. The summed E-state index contributed by atoms with van der Waals surface area (Å²) in [5.74, 6) is 0.260. The first-order chi connectivity index (χ1) is 15.8. The predicted molar refractivity (Wildman–Crippen MR) is 127 cm³/mol. The van der Waals surface area contributed by atoms with Crippen molar-refractivity contribution >= 4 is 5.97 Å². The number of carboxylic acid groups (broad SMARTS) is 1. The molecule has 0 amide bonds. The van der Waals surface area contributed by atoms with Gasteiger partial charge in [-0.05, 0) is 54.4 Å². The van der Waals surface area contributed by atoms with Crippen molar-refractivity contribution in [3.05, 3.63) is 64.7 Å². The third-order valence-corrected chi connectivity index (χ3v) is 6.48. The average Bonchev–Trinajstić information content (AvgIpc) is 3.19. The number of rotatable bonds is 12. The number of ether oxygens (including phenoxy) is 1. The van der Waals surface area contributed by atoms with Crippen LogP contribution in [0.25, 0.3) is 0 Å². The van der Waals surface area contributed by atoms with Gasteiger partial charge in [-0.2, -0.15) is 5.26 Å². The summed E-state index contributed by atoms with van der Waals surface area (Å²) in [6, 6.07) is 16.2. The minimum absolute atomic E-state index is 0.0641. The van der Waals surface area contributed by atoms with E-state index in [1.54, 1.807) is 12.1 Å². The minimum atomic E-state index is -0.845. The van der Waals surface area contributed by atoms with Crippen LogP contribution in [0.3, 0.4) is 0 Å². The Kier molecular flexibility index (Phi) is 8.49. The van der Waals surface area contributed by atoms with E-state index < -0.39 is 12.1 Å². The highest BCUT2D eigenvalue weighted by Gasteiger charge is 2.26.